The first-order valence-corrected chi connectivity index (χ1v) is 5.47. The number of furan rings is 1. The van der Waals surface area contributed by atoms with Crippen molar-refractivity contribution in [2.45, 2.75) is 13.0 Å². The number of hydrogen-bond donors (Lipinski definition) is 1. The Labute approximate surface area is 95.6 Å². The number of hydrogen-bond acceptors (Lipinski definition) is 2. The summed E-state index contributed by atoms with van der Waals surface area (Å²) in [6.45, 7) is 1.96. The highest BCUT2D eigenvalue weighted by Crippen LogP contribution is 2.28. The topological polar surface area (TPSA) is 25.2 Å². The molecule has 0 saturated heterocycles. The van der Waals surface area contributed by atoms with Gasteiger partial charge in [0.05, 0.1) is 6.04 Å². The Balaban J connectivity index is 2.60. The zero-order valence-corrected chi connectivity index (χ0v) is 10.1. The van der Waals surface area contributed by atoms with Crippen LogP contribution in [0.5, 0.6) is 0 Å². The zero-order chi connectivity index (χ0) is 11.0. The van der Waals surface area contributed by atoms with Crippen molar-refractivity contribution in [3.8, 4) is 0 Å². The molecule has 0 aliphatic heterocycles. The van der Waals surface area contributed by atoms with Gasteiger partial charge in [0.25, 0.3) is 0 Å². The summed E-state index contributed by atoms with van der Waals surface area (Å²) in [6.07, 6.45) is 0. The van der Waals surface area contributed by atoms with Crippen LogP contribution in [0.25, 0.3) is 11.0 Å². The molecule has 0 saturated carbocycles. The largest absolute Gasteiger partial charge is 0.456 e. The van der Waals surface area contributed by atoms with E-state index in [2.05, 4.69) is 21.2 Å². The number of halogens is 2. The third-order valence-electron chi connectivity index (χ3n) is 2.41. The smallest absolute Gasteiger partial charge is 0.170 e. The minimum Gasteiger partial charge on any atom is -0.456 e. The fraction of sp³-hybridized carbons (Fsp3) is 0.273. The van der Waals surface area contributed by atoms with E-state index >= 15 is 0 Å². The maximum Gasteiger partial charge on any atom is 0.170 e. The number of benzene rings is 1. The standard InChI is InChI=1S/C11H11BrFNO/c1-6(14-2)10-4-7-3-8(12)5-9(13)11(7)15-10/h3-6,14H,1-2H3. The molecular weight excluding hydrogens is 261 g/mol. The van der Waals surface area contributed by atoms with Gasteiger partial charge in [-0.1, -0.05) is 15.9 Å². The van der Waals surface area contributed by atoms with Crippen LogP contribution in [0.4, 0.5) is 4.39 Å². The van der Waals surface area contributed by atoms with Crippen molar-refractivity contribution in [3.63, 3.8) is 0 Å². The van der Waals surface area contributed by atoms with Crippen molar-refractivity contribution >= 4 is 26.9 Å². The molecule has 1 aromatic heterocycles. The predicted octanol–water partition coefficient (Wildman–Crippen LogP) is 3.61. The number of fused-ring (bicyclic) bond motifs is 1. The van der Waals surface area contributed by atoms with Gasteiger partial charge < -0.3 is 9.73 Å². The lowest BCUT2D eigenvalue weighted by atomic mass is 10.2. The van der Waals surface area contributed by atoms with Crippen molar-refractivity contribution in [2.75, 3.05) is 7.05 Å². The highest BCUT2D eigenvalue weighted by molar-refractivity contribution is 9.10. The number of rotatable bonds is 2. The van der Waals surface area contributed by atoms with E-state index in [1.165, 1.54) is 6.07 Å². The van der Waals surface area contributed by atoms with Crippen LogP contribution in [-0.2, 0) is 0 Å². The van der Waals surface area contributed by atoms with E-state index in [-0.39, 0.29) is 11.9 Å². The third kappa shape index (κ3) is 1.92. The van der Waals surface area contributed by atoms with E-state index < -0.39 is 0 Å². The van der Waals surface area contributed by atoms with E-state index in [0.29, 0.717) is 5.58 Å². The SMILES string of the molecule is CNC(C)c1cc2cc(Br)cc(F)c2o1. The second-order valence-electron chi connectivity index (χ2n) is 3.47. The summed E-state index contributed by atoms with van der Waals surface area (Å²) in [5.41, 5.74) is 0.315. The van der Waals surface area contributed by atoms with Crippen LogP contribution in [-0.4, -0.2) is 7.05 Å². The Hall–Kier alpha value is -0.870. The number of nitrogens with one attached hydrogen (secondary N) is 1. The van der Waals surface area contributed by atoms with Crippen LogP contribution in [0.3, 0.4) is 0 Å². The Morgan fingerprint density at radius 3 is 2.80 bits per heavy atom. The molecule has 2 rings (SSSR count). The first kappa shape index (κ1) is 10.6. The molecule has 1 atom stereocenters. The summed E-state index contributed by atoms with van der Waals surface area (Å²) in [6, 6.07) is 5.17. The molecule has 0 bridgehead atoms. The summed E-state index contributed by atoms with van der Waals surface area (Å²) in [7, 11) is 1.84. The average Bonchev–Trinajstić information content (AvgIpc) is 2.60. The van der Waals surface area contributed by atoms with Crippen molar-refractivity contribution < 1.29 is 8.81 Å². The van der Waals surface area contributed by atoms with Gasteiger partial charge in [0, 0.05) is 9.86 Å². The quantitative estimate of drug-likeness (QED) is 0.903. The van der Waals surface area contributed by atoms with E-state index in [0.717, 1.165) is 15.6 Å². The van der Waals surface area contributed by atoms with Crippen molar-refractivity contribution in [2.24, 2.45) is 0 Å². The maximum atomic E-state index is 13.5. The molecule has 0 aliphatic rings. The molecule has 0 aliphatic carbocycles. The summed E-state index contributed by atoms with van der Waals surface area (Å²) in [4.78, 5) is 0. The van der Waals surface area contributed by atoms with Crippen molar-refractivity contribution in [3.05, 3.63) is 34.2 Å². The molecule has 15 heavy (non-hydrogen) atoms. The molecule has 1 unspecified atom stereocenters. The lowest BCUT2D eigenvalue weighted by molar-refractivity contribution is 0.462. The van der Waals surface area contributed by atoms with Gasteiger partial charge >= 0.3 is 0 Å². The highest BCUT2D eigenvalue weighted by atomic mass is 79.9. The molecule has 2 aromatic rings. The fourth-order valence-corrected chi connectivity index (χ4v) is 1.90. The molecule has 0 fully saturated rings. The molecule has 0 radical (unpaired) electrons. The van der Waals surface area contributed by atoms with Gasteiger partial charge in [-0.3, -0.25) is 0 Å². The van der Waals surface area contributed by atoms with Gasteiger partial charge in [-0.2, -0.15) is 0 Å². The van der Waals surface area contributed by atoms with Crippen molar-refractivity contribution in [1.29, 1.82) is 0 Å². The Kier molecular flexibility index (Phi) is 2.80. The fourth-order valence-electron chi connectivity index (χ4n) is 1.45. The van der Waals surface area contributed by atoms with E-state index in [4.69, 9.17) is 4.42 Å². The molecule has 1 N–H and O–H groups in total. The molecule has 0 spiro atoms. The molecule has 80 valence electrons. The highest BCUT2D eigenvalue weighted by Gasteiger charge is 2.13. The summed E-state index contributed by atoms with van der Waals surface area (Å²) in [5.74, 6) is 0.401. The molecule has 1 heterocycles. The van der Waals surface area contributed by atoms with Crippen LogP contribution in [0.2, 0.25) is 0 Å². The van der Waals surface area contributed by atoms with E-state index in [1.807, 2.05) is 26.1 Å². The summed E-state index contributed by atoms with van der Waals surface area (Å²) < 4.78 is 19.7. The molecule has 4 heteroatoms. The van der Waals surface area contributed by atoms with Crippen LogP contribution in [0.1, 0.15) is 18.7 Å². The zero-order valence-electron chi connectivity index (χ0n) is 8.47. The first-order valence-electron chi connectivity index (χ1n) is 4.67. The normalized spacial score (nSPS) is 13.3. The Morgan fingerprint density at radius 1 is 1.40 bits per heavy atom. The maximum absolute atomic E-state index is 13.5. The molecule has 0 amide bonds. The van der Waals surface area contributed by atoms with Gasteiger partial charge in [-0.15, -0.1) is 0 Å². The monoisotopic (exact) mass is 271 g/mol. The van der Waals surface area contributed by atoms with Gasteiger partial charge in [0.1, 0.15) is 5.76 Å². The van der Waals surface area contributed by atoms with Crippen LogP contribution >= 0.6 is 15.9 Å². The summed E-state index contributed by atoms with van der Waals surface area (Å²) >= 11 is 3.25. The lowest BCUT2D eigenvalue weighted by Crippen LogP contribution is -2.10. The van der Waals surface area contributed by atoms with E-state index in [9.17, 15) is 4.39 Å². The minimum atomic E-state index is -0.339. The van der Waals surface area contributed by atoms with Gasteiger partial charge in [0.15, 0.2) is 11.4 Å². The molecular formula is C11H11BrFNO. The van der Waals surface area contributed by atoms with Gasteiger partial charge in [-0.05, 0) is 32.2 Å². The second-order valence-corrected chi connectivity index (χ2v) is 4.38. The van der Waals surface area contributed by atoms with Gasteiger partial charge in [0.2, 0.25) is 0 Å². The third-order valence-corrected chi connectivity index (χ3v) is 2.87. The van der Waals surface area contributed by atoms with Gasteiger partial charge in [-0.25, -0.2) is 4.39 Å². The molecule has 1 aromatic carbocycles. The first-order chi connectivity index (χ1) is 7.11. The van der Waals surface area contributed by atoms with Crippen LogP contribution in [0.15, 0.2) is 27.1 Å². The Bertz CT molecular complexity index is 495. The molecule has 2 nitrogen and oxygen atoms in total. The Morgan fingerprint density at radius 2 is 2.13 bits per heavy atom. The second kappa shape index (κ2) is 3.94. The lowest BCUT2D eigenvalue weighted by Gasteiger charge is -2.04. The van der Waals surface area contributed by atoms with E-state index in [1.54, 1.807) is 0 Å². The minimum absolute atomic E-state index is 0.0792. The average molecular weight is 272 g/mol. The predicted molar refractivity (Wildman–Crippen MR) is 61.3 cm³/mol. The summed E-state index contributed by atoms with van der Waals surface area (Å²) in [5, 5.41) is 3.83. The van der Waals surface area contributed by atoms with Crippen LogP contribution in [0, 0.1) is 5.82 Å². The van der Waals surface area contributed by atoms with Crippen molar-refractivity contribution in [1.82, 2.24) is 5.32 Å². The van der Waals surface area contributed by atoms with Crippen LogP contribution < -0.4 is 5.32 Å².